The number of nitrogens with one attached hydrogen (secondary N) is 1. The fraction of sp³-hybridized carbons (Fsp3) is 0.250. The Kier molecular flexibility index (Phi) is 3.27. The average Bonchev–Trinajstić information content (AvgIpc) is 2.97. The highest BCUT2D eigenvalue weighted by molar-refractivity contribution is 6.07. The monoisotopic (exact) mass is 252 g/mol. The van der Waals surface area contributed by atoms with Crippen molar-refractivity contribution in [3.8, 4) is 0 Å². The van der Waals surface area contributed by atoms with Crippen LogP contribution in [-0.4, -0.2) is 11.6 Å². The lowest BCUT2D eigenvalue weighted by atomic mass is 10.0. The lowest BCUT2D eigenvalue weighted by molar-refractivity contribution is 0.0956. The summed E-state index contributed by atoms with van der Waals surface area (Å²) in [6, 6.07) is 13.6. The molecule has 1 amide bonds. The van der Waals surface area contributed by atoms with Crippen LogP contribution in [0.4, 0.5) is 0 Å². The highest BCUT2D eigenvalue weighted by Gasteiger charge is 2.11. The number of rotatable bonds is 2. The minimum Gasteiger partial charge on any atom is -0.267 e. The van der Waals surface area contributed by atoms with Crippen molar-refractivity contribution >= 4 is 22.4 Å². The van der Waals surface area contributed by atoms with Gasteiger partial charge in [-0.05, 0) is 42.5 Å². The fourth-order valence-electron chi connectivity index (χ4n) is 2.51. The number of amides is 1. The molecular formula is C16H16N2O. The van der Waals surface area contributed by atoms with Gasteiger partial charge in [0.15, 0.2) is 0 Å². The molecule has 1 fully saturated rings. The summed E-state index contributed by atoms with van der Waals surface area (Å²) in [5.41, 5.74) is 4.47. The minimum atomic E-state index is -0.129. The van der Waals surface area contributed by atoms with Gasteiger partial charge in [-0.25, -0.2) is 5.43 Å². The number of benzene rings is 2. The van der Waals surface area contributed by atoms with E-state index in [2.05, 4.69) is 10.5 Å². The molecule has 1 saturated carbocycles. The Morgan fingerprint density at radius 3 is 2.58 bits per heavy atom. The quantitative estimate of drug-likeness (QED) is 0.816. The van der Waals surface area contributed by atoms with E-state index in [0.717, 1.165) is 29.3 Å². The molecule has 0 aromatic heterocycles. The van der Waals surface area contributed by atoms with Crippen molar-refractivity contribution in [2.75, 3.05) is 0 Å². The fourth-order valence-corrected chi connectivity index (χ4v) is 2.51. The lowest BCUT2D eigenvalue weighted by Crippen LogP contribution is -2.19. The van der Waals surface area contributed by atoms with E-state index in [0.29, 0.717) is 5.56 Å². The summed E-state index contributed by atoms with van der Waals surface area (Å²) in [7, 11) is 0. The molecule has 0 unspecified atom stereocenters. The Labute approximate surface area is 112 Å². The van der Waals surface area contributed by atoms with Gasteiger partial charge in [-0.2, -0.15) is 5.10 Å². The van der Waals surface area contributed by atoms with E-state index in [1.807, 2.05) is 42.5 Å². The molecule has 0 radical (unpaired) electrons. The first-order chi connectivity index (χ1) is 9.34. The van der Waals surface area contributed by atoms with Crippen LogP contribution >= 0.6 is 0 Å². The van der Waals surface area contributed by atoms with Crippen LogP contribution in [0.25, 0.3) is 10.8 Å². The third kappa shape index (κ3) is 2.50. The molecule has 3 heteroatoms. The maximum absolute atomic E-state index is 12.2. The molecule has 0 spiro atoms. The Bertz CT molecular complexity index is 633. The Morgan fingerprint density at radius 1 is 1.00 bits per heavy atom. The van der Waals surface area contributed by atoms with Crippen LogP contribution in [0.1, 0.15) is 36.0 Å². The zero-order valence-electron chi connectivity index (χ0n) is 10.7. The van der Waals surface area contributed by atoms with E-state index in [1.54, 1.807) is 0 Å². The summed E-state index contributed by atoms with van der Waals surface area (Å²) in [5.74, 6) is -0.129. The second-order valence-corrected chi connectivity index (χ2v) is 4.85. The first-order valence-corrected chi connectivity index (χ1v) is 6.68. The first-order valence-electron chi connectivity index (χ1n) is 6.68. The summed E-state index contributed by atoms with van der Waals surface area (Å²) >= 11 is 0. The highest BCUT2D eigenvalue weighted by atomic mass is 16.2. The van der Waals surface area contributed by atoms with E-state index < -0.39 is 0 Å². The van der Waals surface area contributed by atoms with Crippen LogP contribution < -0.4 is 5.43 Å². The van der Waals surface area contributed by atoms with Gasteiger partial charge >= 0.3 is 0 Å². The van der Waals surface area contributed by atoms with Gasteiger partial charge in [-0.1, -0.05) is 36.4 Å². The van der Waals surface area contributed by atoms with Crippen LogP contribution in [0.5, 0.6) is 0 Å². The third-order valence-electron chi connectivity index (χ3n) is 3.53. The molecule has 2 aromatic carbocycles. The van der Waals surface area contributed by atoms with Crippen molar-refractivity contribution in [2.45, 2.75) is 25.7 Å². The molecule has 0 aliphatic heterocycles. The van der Waals surface area contributed by atoms with Crippen molar-refractivity contribution in [1.29, 1.82) is 0 Å². The number of fused-ring (bicyclic) bond motifs is 1. The van der Waals surface area contributed by atoms with Crippen LogP contribution in [0, 0.1) is 0 Å². The van der Waals surface area contributed by atoms with Gasteiger partial charge < -0.3 is 0 Å². The zero-order valence-corrected chi connectivity index (χ0v) is 10.7. The van der Waals surface area contributed by atoms with Gasteiger partial charge in [0, 0.05) is 11.3 Å². The molecule has 0 saturated heterocycles. The van der Waals surface area contributed by atoms with Crippen LogP contribution in [0.15, 0.2) is 47.6 Å². The summed E-state index contributed by atoms with van der Waals surface area (Å²) in [5, 5.41) is 6.26. The predicted molar refractivity (Wildman–Crippen MR) is 77.3 cm³/mol. The molecule has 3 rings (SSSR count). The Balaban J connectivity index is 1.87. The SMILES string of the molecule is O=C(NN=C1CCCC1)c1cccc2ccccc12. The molecule has 3 nitrogen and oxygen atoms in total. The number of hydrazone groups is 1. The van der Waals surface area contributed by atoms with Gasteiger partial charge in [0.25, 0.3) is 5.91 Å². The smallest absolute Gasteiger partial charge is 0.267 e. The van der Waals surface area contributed by atoms with Crippen molar-refractivity contribution in [1.82, 2.24) is 5.43 Å². The minimum absolute atomic E-state index is 0.129. The number of carbonyl (C=O) groups excluding carboxylic acids is 1. The number of hydrogen-bond acceptors (Lipinski definition) is 2. The number of hydrogen-bond donors (Lipinski definition) is 1. The van der Waals surface area contributed by atoms with Crippen molar-refractivity contribution in [2.24, 2.45) is 5.10 Å². The van der Waals surface area contributed by atoms with Gasteiger partial charge in [0.1, 0.15) is 0 Å². The molecule has 2 aromatic rings. The standard InChI is InChI=1S/C16H16N2O/c19-16(18-17-13-8-2-3-9-13)15-11-5-7-12-6-1-4-10-14(12)15/h1,4-7,10-11H,2-3,8-9H2,(H,18,19). The first kappa shape index (κ1) is 11.9. The molecule has 0 atom stereocenters. The molecule has 96 valence electrons. The molecule has 1 aliphatic carbocycles. The lowest BCUT2D eigenvalue weighted by Gasteiger charge is -2.05. The number of nitrogens with zero attached hydrogens (tertiary/aromatic N) is 1. The molecule has 1 N–H and O–H groups in total. The van der Waals surface area contributed by atoms with E-state index in [4.69, 9.17) is 0 Å². The van der Waals surface area contributed by atoms with Crippen LogP contribution in [-0.2, 0) is 0 Å². The van der Waals surface area contributed by atoms with Crippen LogP contribution in [0.2, 0.25) is 0 Å². The zero-order chi connectivity index (χ0) is 13.1. The van der Waals surface area contributed by atoms with Gasteiger partial charge in [-0.15, -0.1) is 0 Å². The summed E-state index contributed by atoms with van der Waals surface area (Å²) in [4.78, 5) is 12.2. The van der Waals surface area contributed by atoms with E-state index >= 15 is 0 Å². The second kappa shape index (κ2) is 5.22. The topological polar surface area (TPSA) is 41.5 Å². The average molecular weight is 252 g/mol. The number of carbonyl (C=O) groups is 1. The van der Waals surface area contributed by atoms with Gasteiger partial charge in [0.05, 0.1) is 0 Å². The van der Waals surface area contributed by atoms with Crippen molar-refractivity contribution in [3.05, 3.63) is 48.0 Å². The van der Waals surface area contributed by atoms with E-state index in [-0.39, 0.29) is 5.91 Å². The largest absolute Gasteiger partial charge is 0.271 e. The van der Waals surface area contributed by atoms with E-state index in [9.17, 15) is 4.79 Å². The highest BCUT2D eigenvalue weighted by Crippen LogP contribution is 2.18. The second-order valence-electron chi connectivity index (χ2n) is 4.85. The Hall–Kier alpha value is -2.16. The Morgan fingerprint density at radius 2 is 1.74 bits per heavy atom. The van der Waals surface area contributed by atoms with Gasteiger partial charge in [0.2, 0.25) is 0 Å². The molecule has 19 heavy (non-hydrogen) atoms. The van der Waals surface area contributed by atoms with Gasteiger partial charge in [-0.3, -0.25) is 4.79 Å². The van der Waals surface area contributed by atoms with Crippen molar-refractivity contribution in [3.63, 3.8) is 0 Å². The molecule has 0 heterocycles. The molecule has 1 aliphatic rings. The normalized spacial score (nSPS) is 14.6. The molecule has 0 bridgehead atoms. The van der Waals surface area contributed by atoms with Crippen LogP contribution in [0.3, 0.4) is 0 Å². The predicted octanol–water partition coefficient (Wildman–Crippen LogP) is 3.50. The third-order valence-corrected chi connectivity index (χ3v) is 3.53. The maximum Gasteiger partial charge on any atom is 0.271 e. The molecular weight excluding hydrogens is 236 g/mol. The maximum atomic E-state index is 12.2. The summed E-state index contributed by atoms with van der Waals surface area (Å²) in [6.07, 6.45) is 4.39. The van der Waals surface area contributed by atoms with Crippen molar-refractivity contribution < 1.29 is 4.79 Å². The summed E-state index contributed by atoms with van der Waals surface area (Å²) in [6.45, 7) is 0. The summed E-state index contributed by atoms with van der Waals surface area (Å²) < 4.78 is 0. The van der Waals surface area contributed by atoms with E-state index in [1.165, 1.54) is 12.8 Å².